The van der Waals surface area contributed by atoms with Crippen molar-refractivity contribution in [1.82, 2.24) is 10.2 Å². The van der Waals surface area contributed by atoms with E-state index in [2.05, 4.69) is 10.6 Å². The van der Waals surface area contributed by atoms with Gasteiger partial charge >= 0.3 is 6.03 Å². The summed E-state index contributed by atoms with van der Waals surface area (Å²) < 4.78 is 27.4. The molecule has 1 heterocycles. The topological polar surface area (TPSA) is 78.5 Å². The van der Waals surface area contributed by atoms with Crippen LogP contribution >= 0.6 is 0 Å². The Labute approximate surface area is 173 Å². The van der Waals surface area contributed by atoms with E-state index in [0.717, 1.165) is 11.3 Å². The van der Waals surface area contributed by atoms with Gasteiger partial charge in [0, 0.05) is 0 Å². The molecule has 2 aromatic rings. The molecule has 0 spiro atoms. The summed E-state index contributed by atoms with van der Waals surface area (Å²) in [6.07, 6.45) is 1.72. The second kappa shape index (κ2) is 8.61. The molecule has 0 saturated carbocycles. The van der Waals surface area contributed by atoms with E-state index in [1.807, 2.05) is 6.92 Å². The molecule has 1 aliphatic heterocycles. The molecule has 1 saturated heterocycles. The Morgan fingerprint density at radius 2 is 1.83 bits per heavy atom. The van der Waals surface area contributed by atoms with Gasteiger partial charge in [-0.25, -0.2) is 13.6 Å². The molecule has 3 rings (SSSR count). The van der Waals surface area contributed by atoms with E-state index in [4.69, 9.17) is 0 Å². The van der Waals surface area contributed by atoms with Crippen LogP contribution in [-0.2, 0) is 15.1 Å². The summed E-state index contributed by atoms with van der Waals surface area (Å²) >= 11 is 0. The first-order valence-corrected chi connectivity index (χ1v) is 9.73. The Morgan fingerprint density at radius 1 is 1.13 bits per heavy atom. The lowest BCUT2D eigenvalue weighted by atomic mass is 9.85. The van der Waals surface area contributed by atoms with E-state index >= 15 is 0 Å². The number of unbranched alkanes of at least 4 members (excludes halogenated alkanes) is 1. The van der Waals surface area contributed by atoms with Crippen molar-refractivity contribution in [2.75, 3.05) is 11.9 Å². The molecule has 1 atom stereocenters. The zero-order chi connectivity index (χ0) is 21.9. The largest absolute Gasteiger partial charge is 0.325 e. The predicted molar refractivity (Wildman–Crippen MR) is 108 cm³/mol. The van der Waals surface area contributed by atoms with Gasteiger partial charge in [0.05, 0.1) is 5.69 Å². The number of imide groups is 1. The number of amides is 4. The molecule has 6 nitrogen and oxygen atoms in total. The summed E-state index contributed by atoms with van der Waals surface area (Å²) in [5.74, 6) is -2.36. The van der Waals surface area contributed by atoms with Gasteiger partial charge < -0.3 is 10.6 Å². The Kier molecular flexibility index (Phi) is 6.14. The SMILES string of the molecule is CCCC[C@@]1(c2ccc(F)cc2)NC(=O)N(CC(=O)Nc2ccc(C)cc2F)C1=O. The number of nitrogens with one attached hydrogen (secondary N) is 2. The lowest BCUT2D eigenvalue weighted by Gasteiger charge is -2.27. The molecular formula is C22H23F2N3O3. The van der Waals surface area contributed by atoms with Crippen molar-refractivity contribution in [2.24, 2.45) is 0 Å². The van der Waals surface area contributed by atoms with Gasteiger partial charge in [-0.05, 0) is 48.7 Å². The van der Waals surface area contributed by atoms with Crippen molar-refractivity contribution in [2.45, 2.75) is 38.6 Å². The van der Waals surface area contributed by atoms with Crippen LogP contribution in [0.5, 0.6) is 0 Å². The molecule has 4 amide bonds. The lowest BCUT2D eigenvalue weighted by molar-refractivity contribution is -0.134. The van der Waals surface area contributed by atoms with Crippen LogP contribution in [0, 0.1) is 18.6 Å². The molecule has 1 aliphatic rings. The van der Waals surface area contributed by atoms with E-state index < -0.39 is 41.6 Å². The number of anilines is 1. The summed E-state index contributed by atoms with van der Waals surface area (Å²) in [5, 5.41) is 5.07. The molecule has 158 valence electrons. The zero-order valence-electron chi connectivity index (χ0n) is 16.8. The van der Waals surface area contributed by atoms with Crippen molar-refractivity contribution < 1.29 is 23.2 Å². The third-order valence-electron chi connectivity index (χ3n) is 5.12. The maximum Gasteiger partial charge on any atom is 0.325 e. The standard InChI is InChI=1S/C22H23F2N3O3/c1-3-4-11-22(15-6-8-16(23)9-7-15)20(29)27(21(30)26-22)13-19(28)25-18-10-5-14(2)12-17(18)24/h5-10,12H,3-4,11,13H2,1-2H3,(H,25,28)(H,26,30)/t22-/m0/s1. The zero-order valence-corrected chi connectivity index (χ0v) is 16.8. The molecule has 2 N–H and O–H groups in total. The third-order valence-corrected chi connectivity index (χ3v) is 5.12. The molecule has 1 fully saturated rings. The van der Waals surface area contributed by atoms with Crippen molar-refractivity contribution in [3.8, 4) is 0 Å². The summed E-state index contributed by atoms with van der Waals surface area (Å²) in [5.41, 5.74) is -0.257. The normalized spacial score (nSPS) is 18.5. The van der Waals surface area contributed by atoms with E-state index in [-0.39, 0.29) is 5.69 Å². The number of hydrogen-bond donors (Lipinski definition) is 2. The number of halogens is 2. The summed E-state index contributed by atoms with van der Waals surface area (Å²) in [4.78, 5) is 39.0. The van der Waals surface area contributed by atoms with E-state index in [0.29, 0.717) is 24.0 Å². The van der Waals surface area contributed by atoms with Crippen LogP contribution in [0.2, 0.25) is 0 Å². The highest BCUT2D eigenvalue weighted by atomic mass is 19.1. The van der Waals surface area contributed by atoms with Crippen LogP contribution in [0.4, 0.5) is 19.3 Å². The number of rotatable bonds is 7. The smallest absolute Gasteiger partial charge is 0.322 e. The van der Waals surface area contributed by atoms with Crippen molar-refractivity contribution in [1.29, 1.82) is 0 Å². The van der Waals surface area contributed by atoms with Gasteiger partial charge in [0.2, 0.25) is 5.91 Å². The van der Waals surface area contributed by atoms with Crippen molar-refractivity contribution in [3.63, 3.8) is 0 Å². The van der Waals surface area contributed by atoms with Crippen LogP contribution in [-0.4, -0.2) is 29.3 Å². The van der Waals surface area contributed by atoms with Crippen LogP contribution in [0.15, 0.2) is 42.5 Å². The number of urea groups is 1. The fourth-order valence-electron chi connectivity index (χ4n) is 3.51. The summed E-state index contributed by atoms with van der Waals surface area (Å²) in [6, 6.07) is 8.95. The maximum atomic E-state index is 14.0. The van der Waals surface area contributed by atoms with Gasteiger partial charge in [0.1, 0.15) is 23.7 Å². The molecular weight excluding hydrogens is 392 g/mol. The van der Waals surface area contributed by atoms with E-state index in [1.54, 1.807) is 13.0 Å². The quantitative estimate of drug-likeness (QED) is 0.675. The molecule has 0 aliphatic carbocycles. The van der Waals surface area contributed by atoms with Gasteiger partial charge in [0.15, 0.2) is 0 Å². The van der Waals surface area contributed by atoms with Crippen LogP contribution < -0.4 is 10.6 Å². The number of nitrogens with zero attached hydrogens (tertiary/aromatic N) is 1. The number of benzene rings is 2. The van der Waals surface area contributed by atoms with E-state index in [1.165, 1.54) is 36.4 Å². The van der Waals surface area contributed by atoms with E-state index in [9.17, 15) is 23.2 Å². The number of aryl methyl sites for hydroxylation is 1. The average Bonchev–Trinajstić information content (AvgIpc) is 2.94. The van der Waals surface area contributed by atoms with Gasteiger partial charge in [-0.1, -0.05) is 38.0 Å². The molecule has 30 heavy (non-hydrogen) atoms. The summed E-state index contributed by atoms with van der Waals surface area (Å²) in [7, 11) is 0. The molecule has 0 radical (unpaired) electrons. The molecule has 0 bridgehead atoms. The third kappa shape index (κ3) is 4.17. The first-order chi connectivity index (χ1) is 14.3. The highest BCUT2D eigenvalue weighted by Gasteiger charge is 2.52. The first kappa shape index (κ1) is 21.4. The number of carbonyl (C=O) groups excluding carboxylic acids is 3. The molecule has 8 heteroatoms. The maximum absolute atomic E-state index is 14.0. The number of hydrogen-bond acceptors (Lipinski definition) is 3. The van der Waals surface area contributed by atoms with Gasteiger partial charge in [0.25, 0.3) is 5.91 Å². The Hall–Kier alpha value is -3.29. The fourth-order valence-corrected chi connectivity index (χ4v) is 3.51. The van der Waals surface area contributed by atoms with Gasteiger partial charge in [-0.15, -0.1) is 0 Å². The minimum Gasteiger partial charge on any atom is -0.322 e. The minimum atomic E-state index is -1.36. The predicted octanol–water partition coefficient (Wildman–Crippen LogP) is 3.85. The second-order valence-electron chi connectivity index (χ2n) is 7.37. The Balaban J connectivity index is 1.82. The highest BCUT2D eigenvalue weighted by Crippen LogP contribution is 2.34. The summed E-state index contributed by atoms with van der Waals surface area (Å²) in [6.45, 7) is 3.10. The Morgan fingerprint density at radius 3 is 2.47 bits per heavy atom. The fraction of sp³-hybridized carbons (Fsp3) is 0.318. The number of carbonyl (C=O) groups is 3. The van der Waals surface area contributed by atoms with Crippen molar-refractivity contribution in [3.05, 3.63) is 65.2 Å². The van der Waals surface area contributed by atoms with Crippen LogP contribution in [0.3, 0.4) is 0 Å². The van der Waals surface area contributed by atoms with Crippen LogP contribution in [0.1, 0.15) is 37.3 Å². The Bertz CT molecular complexity index is 978. The van der Waals surface area contributed by atoms with Crippen molar-refractivity contribution >= 4 is 23.5 Å². The molecule has 0 aromatic heterocycles. The monoisotopic (exact) mass is 415 g/mol. The van der Waals surface area contributed by atoms with Gasteiger partial charge in [-0.2, -0.15) is 0 Å². The average molecular weight is 415 g/mol. The first-order valence-electron chi connectivity index (χ1n) is 9.73. The van der Waals surface area contributed by atoms with Gasteiger partial charge in [-0.3, -0.25) is 14.5 Å². The molecule has 2 aromatic carbocycles. The lowest BCUT2D eigenvalue weighted by Crippen LogP contribution is -2.44. The molecule has 0 unspecified atom stereocenters. The minimum absolute atomic E-state index is 0.0339. The highest BCUT2D eigenvalue weighted by molar-refractivity contribution is 6.10. The van der Waals surface area contributed by atoms with Crippen LogP contribution in [0.25, 0.3) is 0 Å². The second-order valence-corrected chi connectivity index (χ2v) is 7.37.